The maximum atomic E-state index is 12.7. The Balaban J connectivity index is 3.07. The number of carbonyl (C=O) groups is 2. The second kappa shape index (κ2) is 8.26. The number of esters is 1. The maximum absolute atomic E-state index is 12.7. The van der Waals surface area contributed by atoms with Crippen LogP contribution in [0, 0.1) is 16.0 Å². The fourth-order valence-electron chi connectivity index (χ4n) is 2.17. The van der Waals surface area contributed by atoms with E-state index in [2.05, 4.69) is 0 Å². The predicted molar refractivity (Wildman–Crippen MR) is 85.1 cm³/mol. The smallest absolute Gasteiger partial charge is 0.310 e. The second-order valence-electron chi connectivity index (χ2n) is 5.45. The second-order valence-corrected chi connectivity index (χ2v) is 5.45. The number of carbonyl (C=O) groups excluding carboxylic acids is 2. The number of nitrogens with zero attached hydrogens (tertiary/aromatic N) is 2. The zero-order chi connectivity index (χ0) is 17.6. The van der Waals surface area contributed by atoms with Gasteiger partial charge in [-0.25, -0.2) is 0 Å². The molecule has 7 heteroatoms. The van der Waals surface area contributed by atoms with Crippen LogP contribution in [0.3, 0.4) is 0 Å². The topological polar surface area (TPSA) is 89.8 Å². The minimum Gasteiger partial charge on any atom is -0.469 e. The Hall–Kier alpha value is -2.44. The lowest BCUT2D eigenvalue weighted by atomic mass is 10.1. The maximum Gasteiger partial charge on any atom is 0.310 e. The normalized spacial score (nSPS) is 13.0. The molecule has 2 unspecified atom stereocenters. The van der Waals surface area contributed by atoms with Gasteiger partial charge in [0.25, 0.3) is 11.6 Å². The number of amides is 1. The molecule has 0 fully saturated rings. The summed E-state index contributed by atoms with van der Waals surface area (Å²) in [7, 11) is 1.30. The average molecular weight is 322 g/mol. The summed E-state index contributed by atoms with van der Waals surface area (Å²) in [5.41, 5.74) is 0.0949. The first kappa shape index (κ1) is 18.6. The number of benzene rings is 1. The van der Waals surface area contributed by atoms with Crippen LogP contribution in [0.4, 0.5) is 5.69 Å². The molecule has 0 spiro atoms. The zero-order valence-electron chi connectivity index (χ0n) is 13.8. The van der Waals surface area contributed by atoms with Crippen molar-refractivity contribution in [1.29, 1.82) is 0 Å². The summed E-state index contributed by atoms with van der Waals surface area (Å²) < 4.78 is 4.70. The highest BCUT2D eigenvalue weighted by molar-refractivity contribution is 5.95. The summed E-state index contributed by atoms with van der Waals surface area (Å²) in [6.07, 6.45) is 0.703. The van der Waals surface area contributed by atoms with Crippen LogP contribution in [0.25, 0.3) is 0 Å². The first-order valence-electron chi connectivity index (χ1n) is 7.45. The van der Waals surface area contributed by atoms with Gasteiger partial charge >= 0.3 is 5.97 Å². The standard InChI is InChI=1S/C16H22N2O5/c1-5-12(3)17(10-11(2)16(20)23-4)15(19)13-7-6-8-14(9-13)18(21)22/h6-9,11-12H,5,10H2,1-4H3. The molecule has 0 bridgehead atoms. The summed E-state index contributed by atoms with van der Waals surface area (Å²) in [6.45, 7) is 5.69. The Bertz CT molecular complexity index is 588. The summed E-state index contributed by atoms with van der Waals surface area (Å²) in [5.74, 6) is -1.21. The number of methoxy groups -OCH3 is 1. The fraction of sp³-hybridized carbons (Fsp3) is 0.500. The first-order chi connectivity index (χ1) is 10.8. The molecular formula is C16H22N2O5. The zero-order valence-corrected chi connectivity index (χ0v) is 13.8. The lowest BCUT2D eigenvalue weighted by molar-refractivity contribution is -0.384. The lowest BCUT2D eigenvalue weighted by Gasteiger charge is -2.30. The van der Waals surface area contributed by atoms with E-state index in [0.717, 1.165) is 0 Å². The number of ether oxygens (including phenoxy) is 1. The molecule has 0 aliphatic rings. The quantitative estimate of drug-likeness (QED) is 0.437. The van der Waals surface area contributed by atoms with Gasteiger partial charge < -0.3 is 9.64 Å². The van der Waals surface area contributed by atoms with Crippen molar-refractivity contribution in [2.45, 2.75) is 33.2 Å². The van der Waals surface area contributed by atoms with E-state index in [9.17, 15) is 19.7 Å². The Morgan fingerprint density at radius 3 is 2.52 bits per heavy atom. The molecule has 0 radical (unpaired) electrons. The van der Waals surface area contributed by atoms with Crippen molar-refractivity contribution >= 4 is 17.6 Å². The molecule has 2 atom stereocenters. The van der Waals surface area contributed by atoms with Crippen molar-refractivity contribution < 1.29 is 19.2 Å². The van der Waals surface area contributed by atoms with Gasteiger partial charge in [-0.1, -0.05) is 19.9 Å². The van der Waals surface area contributed by atoms with E-state index in [0.29, 0.717) is 6.42 Å². The van der Waals surface area contributed by atoms with Gasteiger partial charge in [0, 0.05) is 30.3 Å². The summed E-state index contributed by atoms with van der Waals surface area (Å²) in [4.78, 5) is 36.2. The third-order valence-corrected chi connectivity index (χ3v) is 3.76. The van der Waals surface area contributed by atoms with Crippen molar-refractivity contribution in [2.24, 2.45) is 5.92 Å². The highest BCUT2D eigenvalue weighted by Gasteiger charge is 2.26. The van der Waals surface area contributed by atoms with E-state index in [1.54, 1.807) is 11.8 Å². The van der Waals surface area contributed by atoms with Crippen LogP contribution in [0.15, 0.2) is 24.3 Å². The molecule has 23 heavy (non-hydrogen) atoms. The van der Waals surface area contributed by atoms with Crippen LogP contribution in [-0.4, -0.2) is 41.4 Å². The molecular weight excluding hydrogens is 300 g/mol. The van der Waals surface area contributed by atoms with Crippen LogP contribution >= 0.6 is 0 Å². The van der Waals surface area contributed by atoms with Crippen molar-refractivity contribution in [3.8, 4) is 0 Å². The summed E-state index contributed by atoms with van der Waals surface area (Å²) >= 11 is 0. The molecule has 1 aromatic rings. The van der Waals surface area contributed by atoms with E-state index in [1.807, 2.05) is 13.8 Å². The molecule has 1 aromatic carbocycles. The van der Waals surface area contributed by atoms with Crippen molar-refractivity contribution in [1.82, 2.24) is 4.90 Å². The SMILES string of the molecule is CCC(C)N(CC(C)C(=O)OC)C(=O)c1cccc([N+](=O)[O-])c1. The summed E-state index contributed by atoms with van der Waals surface area (Å²) in [6, 6.07) is 5.49. The van der Waals surface area contributed by atoms with E-state index >= 15 is 0 Å². The molecule has 0 heterocycles. The molecule has 0 aliphatic carbocycles. The molecule has 0 N–H and O–H groups in total. The van der Waals surface area contributed by atoms with Gasteiger partial charge in [0.05, 0.1) is 18.0 Å². The molecule has 126 valence electrons. The van der Waals surface area contributed by atoms with Crippen LogP contribution in [0.5, 0.6) is 0 Å². The molecule has 0 aromatic heterocycles. The van der Waals surface area contributed by atoms with Gasteiger partial charge in [0.1, 0.15) is 0 Å². The van der Waals surface area contributed by atoms with Gasteiger partial charge in [0.2, 0.25) is 0 Å². The van der Waals surface area contributed by atoms with Gasteiger partial charge in [-0.2, -0.15) is 0 Å². The minimum absolute atomic E-state index is 0.103. The van der Waals surface area contributed by atoms with Crippen molar-refractivity contribution in [2.75, 3.05) is 13.7 Å². The molecule has 1 rings (SSSR count). The largest absolute Gasteiger partial charge is 0.469 e. The summed E-state index contributed by atoms with van der Waals surface area (Å²) in [5, 5.41) is 10.9. The van der Waals surface area contributed by atoms with Gasteiger partial charge in [-0.05, 0) is 19.4 Å². The minimum atomic E-state index is -0.540. The molecule has 7 nitrogen and oxygen atoms in total. The Kier molecular flexibility index (Phi) is 6.68. The van der Waals surface area contributed by atoms with Gasteiger partial charge in [0.15, 0.2) is 0 Å². The van der Waals surface area contributed by atoms with E-state index < -0.39 is 16.8 Å². The van der Waals surface area contributed by atoms with Crippen molar-refractivity contribution in [3.63, 3.8) is 0 Å². The van der Waals surface area contributed by atoms with Gasteiger partial charge in [-0.15, -0.1) is 0 Å². The first-order valence-corrected chi connectivity index (χ1v) is 7.45. The number of rotatable bonds is 7. The van der Waals surface area contributed by atoms with E-state index in [4.69, 9.17) is 4.74 Å². The third-order valence-electron chi connectivity index (χ3n) is 3.76. The Labute approximate surface area is 135 Å². The number of nitro benzene ring substituents is 1. The van der Waals surface area contributed by atoms with Crippen molar-refractivity contribution in [3.05, 3.63) is 39.9 Å². The van der Waals surface area contributed by atoms with E-state index in [-0.39, 0.29) is 29.7 Å². The fourth-order valence-corrected chi connectivity index (χ4v) is 2.17. The van der Waals surface area contributed by atoms with Crippen LogP contribution < -0.4 is 0 Å². The average Bonchev–Trinajstić information content (AvgIpc) is 2.57. The van der Waals surface area contributed by atoms with Gasteiger partial charge in [-0.3, -0.25) is 19.7 Å². The highest BCUT2D eigenvalue weighted by Crippen LogP contribution is 2.18. The van der Waals surface area contributed by atoms with Crippen LogP contribution in [0.2, 0.25) is 0 Å². The third kappa shape index (κ3) is 4.77. The Morgan fingerprint density at radius 1 is 1.35 bits per heavy atom. The number of non-ortho nitro benzene ring substituents is 1. The number of hydrogen-bond donors (Lipinski definition) is 0. The Morgan fingerprint density at radius 2 is 2.00 bits per heavy atom. The number of hydrogen-bond acceptors (Lipinski definition) is 5. The predicted octanol–water partition coefficient (Wildman–Crippen LogP) is 2.64. The molecule has 0 saturated heterocycles. The molecule has 0 saturated carbocycles. The monoisotopic (exact) mass is 322 g/mol. The van der Waals surface area contributed by atoms with E-state index in [1.165, 1.54) is 31.4 Å². The lowest BCUT2D eigenvalue weighted by Crippen LogP contribution is -2.42. The van der Waals surface area contributed by atoms with Crippen LogP contribution in [0.1, 0.15) is 37.6 Å². The number of nitro groups is 1. The van der Waals surface area contributed by atoms with Crippen LogP contribution in [-0.2, 0) is 9.53 Å². The highest BCUT2D eigenvalue weighted by atomic mass is 16.6. The molecule has 0 aliphatic heterocycles. The molecule has 1 amide bonds.